The maximum atomic E-state index is 11.9. The summed E-state index contributed by atoms with van der Waals surface area (Å²) >= 11 is 0. The van der Waals surface area contributed by atoms with Gasteiger partial charge in [0.2, 0.25) is 0 Å². The van der Waals surface area contributed by atoms with E-state index in [1.807, 2.05) is 31.2 Å². The third kappa shape index (κ3) is 2.33. The van der Waals surface area contributed by atoms with Gasteiger partial charge in [-0.2, -0.15) is 0 Å². The van der Waals surface area contributed by atoms with E-state index in [1.165, 1.54) is 0 Å². The number of unbranched alkanes of at least 4 members (excludes halogenated alkanes) is 1. The van der Waals surface area contributed by atoms with E-state index >= 15 is 0 Å². The van der Waals surface area contributed by atoms with Crippen molar-refractivity contribution in [1.29, 1.82) is 0 Å². The normalized spacial score (nSPS) is 10.7. The van der Waals surface area contributed by atoms with Crippen molar-refractivity contribution >= 4 is 16.9 Å². The second-order valence-corrected chi connectivity index (χ2v) is 4.16. The van der Waals surface area contributed by atoms with Gasteiger partial charge in [-0.15, -0.1) is 0 Å². The van der Waals surface area contributed by atoms with Crippen molar-refractivity contribution in [2.75, 3.05) is 6.54 Å². The molecule has 0 bridgehead atoms. The molecule has 0 spiro atoms. The van der Waals surface area contributed by atoms with Gasteiger partial charge in [0.05, 0.1) is 0 Å². The number of hydrogen-bond donors (Lipinski definition) is 1. The van der Waals surface area contributed by atoms with Gasteiger partial charge in [0.25, 0.3) is 5.91 Å². The predicted molar refractivity (Wildman–Crippen MR) is 68.2 cm³/mol. The fourth-order valence-corrected chi connectivity index (χ4v) is 1.85. The Hall–Kier alpha value is -1.77. The van der Waals surface area contributed by atoms with Crippen molar-refractivity contribution in [1.82, 2.24) is 5.32 Å². The van der Waals surface area contributed by atoms with Crippen molar-refractivity contribution < 1.29 is 9.21 Å². The zero-order chi connectivity index (χ0) is 12.3. The van der Waals surface area contributed by atoms with Crippen LogP contribution in [0.1, 0.15) is 35.9 Å². The summed E-state index contributed by atoms with van der Waals surface area (Å²) in [6.07, 6.45) is 2.06. The smallest absolute Gasteiger partial charge is 0.287 e. The van der Waals surface area contributed by atoms with Crippen LogP contribution in [0.5, 0.6) is 0 Å². The Bertz CT molecular complexity index is 528. The summed E-state index contributed by atoms with van der Waals surface area (Å²) in [5.41, 5.74) is 1.68. The van der Waals surface area contributed by atoms with Crippen LogP contribution in [0, 0.1) is 6.92 Å². The Labute approximate surface area is 101 Å². The van der Waals surface area contributed by atoms with Crippen molar-refractivity contribution in [3.05, 3.63) is 35.6 Å². The molecule has 0 atom stereocenters. The molecule has 2 aromatic rings. The highest BCUT2D eigenvalue weighted by Gasteiger charge is 2.16. The second kappa shape index (κ2) is 5.04. The lowest BCUT2D eigenvalue weighted by atomic mass is 10.1. The number of benzene rings is 1. The minimum absolute atomic E-state index is 0.118. The Morgan fingerprint density at radius 1 is 1.35 bits per heavy atom. The molecule has 1 N–H and O–H groups in total. The average molecular weight is 231 g/mol. The summed E-state index contributed by atoms with van der Waals surface area (Å²) in [6, 6.07) is 7.70. The molecule has 1 aromatic carbocycles. The first kappa shape index (κ1) is 11.7. The summed E-state index contributed by atoms with van der Waals surface area (Å²) in [5.74, 6) is 0.314. The molecule has 3 heteroatoms. The molecule has 90 valence electrons. The molecule has 2 rings (SSSR count). The summed E-state index contributed by atoms with van der Waals surface area (Å²) in [5, 5.41) is 3.88. The standard InChI is InChI=1S/C14H17NO2/c1-3-4-9-15-14(16)13-10(2)11-7-5-6-8-12(11)17-13/h5-8H,3-4,9H2,1-2H3,(H,15,16). The first-order valence-corrected chi connectivity index (χ1v) is 6.00. The van der Waals surface area contributed by atoms with Crippen molar-refractivity contribution in [3.63, 3.8) is 0 Å². The van der Waals surface area contributed by atoms with Gasteiger partial charge in [0.1, 0.15) is 5.58 Å². The molecular formula is C14H17NO2. The maximum absolute atomic E-state index is 11.9. The first-order chi connectivity index (χ1) is 8.24. The van der Waals surface area contributed by atoms with Gasteiger partial charge in [0.15, 0.2) is 5.76 Å². The molecule has 1 heterocycles. The molecule has 0 aliphatic rings. The molecule has 17 heavy (non-hydrogen) atoms. The lowest BCUT2D eigenvalue weighted by molar-refractivity contribution is 0.0927. The summed E-state index contributed by atoms with van der Waals surface area (Å²) in [4.78, 5) is 11.9. The number of hydrogen-bond acceptors (Lipinski definition) is 2. The molecule has 0 aliphatic heterocycles. The van der Waals surface area contributed by atoms with Crippen LogP contribution in [-0.4, -0.2) is 12.5 Å². The molecule has 0 unspecified atom stereocenters. The monoisotopic (exact) mass is 231 g/mol. The molecule has 0 saturated heterocycles. The number of amides is 1. The number of para-hydroxylation sites is 1. The Balaban J connectivity index is 2.23. The third-order valence-electron chi connectivity index (χ3n) is 2.87. The van der Waals surface area contributed by atoms with Gasteiger partial charge in [0, 0.05) is 17.5 Å². The lowest BCUT2D eigenvalue weighted by Crippen LogP contribution is -2.24. The van der Waals surface area contributed by atoms with Crippen molar-refractivity contribution in [2.45, 2.75) is 26.7 Å². The van der Waals surface area contributed by atoms with E-state index < -0.39 is 0 Å². The molecule has 0 saturated carbocycles. The van der Waals surface area contributed by atoms with E-state index in [0.717, 1.165) is 29.4 Å². The van der Waals surface area contributed by atoms with Gasteiger partial charge in [-0.3, -0.25) is 4.79 Å². The number of carbonyl (C=O) groups excluding carboxylic acids is 1. The summed E-state index contributed by atoms with van der Waals surface area (Å²) < 4.78 is 5.58. The maximum Gasteiger partial charge on any atom is 0.287 e. The zero-order valence-corrected chi connectivity index (χ0v) is 10.2. The molecule has 0 radical (unpaired) electrons. The van der Waals surface area contributed by atoms with Gasteiger partial charge in [-0.05, 0) is 19.4 Å². The van der Waals surface area contributed by atoms with E-state index in [2.05, 4.69) is 12.2 Å². The molecule has 1 aromatic heterocycles. The number of rotatable bonds is 4. The van der Waals surface area contributed by atoms with Crippen LogP contribution in [0.2, 0.25) is 0 Å². The number of nitrogens with one attached hydrogen (secondary N) is 1. The summed E-state index contributed by atoms with van der Waals surface area (Å²) in [6.45, 7) is 4.71. The molecule has 1 amide bonds. The number of aryl methyl sites for hydroxylation is 1. The van der Waals surface area contributed by atoms with Gasteiger partial charge < -0.3 is 9.73 Å². The predicted octanol–water partition coefficient (Wildman–Crippen LogP) is 3.27. The average Bonchev–Trinajstić information content (AvgIpc) is 2.68. The third-order valence-corrected chi connectivity index (χ3v) is 2.87. The largest absolute Gasteiger partial charge is 0.451 e. The second-order valence-electron chi connectivity index (χ2n) is 4.16. The van der Waals surface area contributed by atoms with E-state index in [-0.39, 0.29) is 5.91 Å². The van der Waals surface area contributed by atoms with Crippen LogP contribution >= 0.6 is 0 Å². The molecule has 0 fully saturated rings. The number of furan rings is 1. The molecule has 3 nitrogen and oxygen atoms in total. The van der Waals surface area contributed by atoms with Crippen molar-refractivity contribution in [2.24, 2.45) is 0 Å². The van der Waals surface area contributed by atoms with Crippen LogP contribution in [0.25, 0.3) is 11.0 Å². The minimum Gasteiger partial charge on any atom is -0.451 e. The molecule has 0 aliphatic carbocycles. The van der Waals surface area contributed by atoms with E-state index in [4.69, 9.17) is 4.42 Å². The van der Waals surface area contributed by atoms with Gasteiger partial charge in [-0.25, -0.2) is 0 Å². The van der Waals surface area contributed by atoms with Crippen LogP contribution < -0.4 is 5.32 Å². The van der Waals surface area contributed by atoms with E-state index in [0.29, 0.717) is 12.3 Å². The fraction of sp³-hybridized carbons (Fsp3) is 0.357. The highest BCUT2D eigenvalue weighted by Crippen LogP contribution is 2.24. The van der Waals surface area contributed by atoms with Crippen LogP contribution in [0.4, 0.5) is 0 Å². The van der Waals surface area contributed by atoms with Crippen LogP contribution in [-0.2, 0) is 0 Å². The van der Waals surface area contributed by atoms with Gasteiger partial charge >= 0.3 is 0 Å². The lowest BCUT2D eigenvalue weighted by Gasteiger charge is -2.01. The van der Waals surface area contributed by atoms with Gasteiger partial charge in [-0.1, -0.05) is 31.5 Å². The quantitative estimate of drug-likeness (QED) is 0.820. The molecular weight excluding hydrogens is 214 g/mol. The van der Waals surface area contributed by atoms with Crippen LogP contribution in [0.3, 0.4) is 0 Å². The minimum atomic E-state index is -0.118. The zero-order valence-electron chi connectivity index (χ0n) is 10.2. The SMILES string of the molecule is CCCCNC(=O)c1oc2ccccc2c1C. The fourth-order valence-electron chi connectivity index (χ4n) is 1.85. The topological polar surface area (TPSA) is 42.2 Å². The van der Waals surface area contributed by atoms with E-state index in [1.54, 1.807) is 0 Å². The summed E-state index contributed by atoms with van der Waals surface area (Å²) in [7, 11) is 0. The number of fused-ring (bicyclic) bond motifs is 1. The van der Waals surface area contributed by atoms with E-state index in [9.17, 15) is 4.79 Å². The Kier molecular flexibility index (Phi) is 3.47. The first-order valence-electron chi connectivity index (χ1n) is 6.00. The highest BCUT2D eigenvalue weighted by atomic mass is 16.3. The highest BCUT2D eigenvalue weighted by molar-refractivity contribution is 5.98. The number of carbonyl (C=O) groups is 1. The van der Waals surface area contributed by atoms with Crippen molar-refractivity contribution in [3.8, 4) is 0 Å². The Morgan fingerprint density at radius 3 is 2.82 bits per heavy atom. The van der Waals surface area contributed by atoms with Crippen LogP contribution in [0.15, 0.2) is 28.7 Å². The Morgan fingerprint density at radius 2 is 2.12 bits per heavy atom.